The zero-order valence-corrected chi connectivity index (χ0v) is 20.6. The lowest BCUT2D eigenvalue weighted by Gasteiger charge is -2.09. The summed E-state index contributed by atoms with van der Waals surface area (Å²) in [5.41, 5.74) is 0.235. The third-order valence-corrected chi connectivity index (χ3v) is 8.55. The number of amides is 1. The molecule has 0 atom stereocenters. The van der Waals surface area contributed by atoms with Crippen molar-refractivity contribution in [2.75, 3.05) is 6.61 Å². The standard InChI is InChI=1S/C23H24ClFN4O4S/c1-22(2)17(23(22,3)4)13-33-19-10-11-29(27-19)18-9-8-16(20(24)26-18)21(30)28-34(31,32)15-7-5-6-14(25)12-15/h5-12,17H,13H2,1-4H3,(H,28,30). The van der Waals surface area contributed by atoms with Gasteiger partial charge in [0.1, 0.15) is 11.0 Å². The Balaban J connectivity index is 1.45. The van der Waals surface area contributed by atoms with E-state index < -0.39 is 21.7 Å². The van der Waals surface area contributed by atoms with Gasteiger partial charge < -0.3 is 4.74 Å². The molecule has 0 radical (unpaired) electrons. The smallest absolute Gasteiger partial charge is 0.268 e. The number of aromatic nitrogens is 3. The molecule has 0 saturated heterocycles. The first-order chi connectivity index (χ1) is 15.8. The fourth-order valence-electron chi connectivity index (χ4n) is 4.02. The maximum atomic E-state index is 13.4. The molecule has 1 N–H and O–H groups in total. The van der Waals surface area contributed by atoms with Crippen LogP contribution in [-0.4, -0.2) is 35.7 Å². The van der Waals surface area contributed by atoms with Crippen molar-refractivity contribution in [3.8, 4) is 11.7 Å². The summed E-state index contributed by atoms with van der Waals surface area (Å²) >= 11 is 6.16. The van der Waals surface area contributed by atoms with Crippen molar-refractivity contribution in [1.29, 1.82) is 0 Å². The molecule has 0 unspecified atom stereocenters. The van der Waals surface area contributed by atoms with Crippen molar-refractivity contribution < 1.29 is 22.3 Å². The Labute approximate surface area is 202 Å². The van der Waals surface area contributed by atoms with Crippen LogP contribution in [0, 0.1) is 22.6 Å². The molecule has 2 heterocycles. The van der Waals surface area contributed by atoms with E-state index in [-0.39, 0.29) is 26.4 Å². The summed E-state index contributed by atoms with van der Waals surface area (Å²) in [7, 11) is -4.29. The largest absolute Gasteiger partial charge is 0.476 e. The number of nitrogens with zero attached hydrogens (tertiary/aromatic N) is 3. The van der Waals surface area contributed by atoms with Gasteiger partial charge in [-0.05, 0) is 41.2 Å². The highest BCUT2D eigenvalue weighted by Crippen LogP contribution is 2.68. The van der Waals surface area contributed by atoms with Crippen LogP contribution in [0.25, 0.3) is 5.82 Å². The van der Waals surface area contributed by atoms with E-state index in [1.165, 1.54) is 28.9 Å². The summed E-state index contributed by atoms with van der Waals surface area (Å²) in [5.74, 6) is -0.575. The summed E-state index contributed by atoms with van der Waals surface area (Å²) < 4.78 is 47.3. The van der Waals surface area contributed by atoms with Gasteiger partial charge in [-0.25, -0.2) is 27.2 Å². The minimum atomic E-state index is -4.29. The fraction of sp³-hybridized carbons (Fsp3) is 0.348. The quantitative estimate of drug-likeness (QED) is 0.481. The first-order valence-electron chi connectivity index (χ1n) is 10.5. The molecule has 0 aliphatic heterocycles. The zero-order chi connectivity index (χ0) is 24.9. The molecule has 2 aromatic heterocycles. The Morgan fingerprint density at radius 3 is 2.50 bits per heavy atom. The highest BCUT2D eigenvalue weighted by Gasteiger charge is 2.64. The number of hydrogen-bond acceptors (Lipinski definition) is 6. The number of nitrogens with one attached hydrogen (secondary N) is 1. The molecule has 1 fully saturated rings. The van der Waals surface area contributed by atoms with Gasteiger partial charge in [0.15, 0.2) is 5.82 Å². The monoisotopic (exact) mass is 506 g/mol. The van der Waals surface area contributed by atoms with Crippen molar-refractivity contribution in [1.82, 2.24) is 19.5 Å². The van der Waals surface area contributed by atoms with Crippen molar-refractivity contribution in [3.05, 3.63) is 65.2 Å². The van der Waals surface area contributed by atoms with Crippen LogP contribution in [0.4, 0.5) is 4.39 Å². The van der Waals surface area contributed by atoms with Gasteiger partial charge >= 0.3 is 0 Å². The van der Waals surface area contributed by atoms with E-state index in [0.29, 0.717) is 24.2 Å². The molecule has 1 aliphatic rings. The topological polar surface area (TPSA) is 103 Å². The van der Waals surface area contributed by atoms with Crippen LogP contribution in [0.2, 0.25) is 5.15 Å². The van der Waals surface area contributed by atoms with Gasteiger partial charge in [-0.1, -0.05) is 45.4 Å². The average Bonchev–Trinajstić information content (AvgIpc) is 3.07. The molecule has 1 saturated carbocycles. The van der Waals surface area contributed by atoms with Gasteiger partial charge in [-0.2, -0.15) is 0 Å². The lowest BCUT2D eigenvalue weighted by atomic mass is 10.0. The van der Waals surface area contributed by atoms with Gasteiger partial charge in [-0.3, -0.25) is 4.79 Å². The van der Waals surface area contributed by atoms with Crippen molar-refractivity contribution in [2.45, 2.75) is 32.6 Å². The Hall–Kier alpha value is -2.98. The lowest BCUT2D eigenvalue weighted by molar-refractivity contribution is 0.0981. The van der Waals surface area contributed by atoms with Crippen LogP contribution < -0.4 is 9.46 Å². The Bertz CT molecular complexity index is 1360. The maximum Gasteiger partial charge on any atom is 0.268 e. The van der Waals surface area contributed by atoms with Crippen molar-refractivity contribution in [3.63, 3.8) is 0 Å². The molecule has 0 spiro atoms. The van der Waals surface area contributed by atoms with Crippen LogP contribution in [0.5, 0.6) is 5.88 Å². The molecule has 1 aromatic carbocycles. The molecule has 1 aliphatic carbocycles. The van der Waals surface area contributed by atoms with Crippen molar-refractivity contribution in [2.24, 2.45) is 16.7 Å². The fourth-order valence-corrected chi connectivity index (χ4v) is 5.25. The summed E-state index contributed by atoms with van der Waals surface area (Å²) in [6, 6.07) is 8.80. The molecular formula is C23H24ClFN4O4S. The summed E-state index contributed by atoms with van der Waals surface area (Å²) in [6.45, 7) is 9.41. The minimum absolute atomic E-state index is 0.160. The molecule has 3 aromatic rings. The number of benzene rings is 1. The molecule has 11 heteroatoms. The summed E-state index contributed by atoms with van der Waals surface area (Å²) in [6.07, 6.45) is 1.64. The van der Waals surface area contributed by atoms with E-state index in [4.69, 9.17) is 16.3 Å². The van der Waals surface area contributed by atoms with Crippen LogP contribution in [0.3, 0.4) is 0 Å². The maximum absolute atomic E-state index is 13.4. The highest BCUT2D eigenvalue weighted by atomic mass is 35.5. The van der Waals surface area contributed by atoms with Gasteiger partial charge in [0.25, 0.3) is 15.9 Å². The molecule has 8 nitrogen and oxygen atoms in total. The Morgan fingerprint density at radius 1 is 1.18 bits per heavy atom. The molecule has 180 valence electrons. The minimum Gasteiger partial charge on any atom is -0.476 e. The molecule has 34 heavy (non-hydrogen) atoms. The summed E-state index contributed by atoms with van der Waals surface area (Å²) in [4.78, 5) is 16.3. The van der Waals surface area contributed by atoms with E-state index in [0.717, 1.165) is 12.1 Å². The SMILES string of the molecule is CC1(C)C(COc2ccn(-c3ccc(C(=O)NS(=O)(=O)c4cccc(F)c4)c(Cl)n3)n2)C1(C)C. The molecule has 4 rings (SSSR count). The van der Waals surface area contributed by atoms with Gasteiger partial charge in [0.2, 0.25) is 5.88 Å². The van der Waals surface area contributed by atoms with Gasteiger partial charge in [0.05, 0.1) is 17.1 Å². The predicted octanol–water partition coefficient (Wildman–Crippen LogP) is 4.24. The number of pyridine rings is 1. The molecule has 0 bridgehead atoms. The van der Waals surface area contributed by atoms with Crippen LogP contribution >= 0.6 is 11.6 Å². The van der Waals surface area contributed by atoms with E-state index >= 15 is 0 Å². The first-order valence-corrected chi connectivity index (χ1v) is 12.4. The second kappa shape index (κ2) is 8.35. The number of sulfonamides is 1. The van der Waals surface area contributed by atoms with E-state index in [9.17, 15) is 17.6 Å². The second-order valence-corrected chi connectivity index (χ2v) is 11.3. The van der Waals surface area contributed by atoms with E-state index in [2.05, 4.69) is 37.8 Å². The average molecular weight is 507 g/mol. The third-order valence-electron chi connectivity index (χ3n) is 6.93. The number of halogens is 2. The van der Waals surface area contributed by atoms with Crippen LogP contribution in [0.15, 0.2) is 53.6 Å². The highest BCUT2D eigenvalue weighted by molar-refractivity contribution is 7.90. The number of carbonyl (C=O) groups excluding carboxylic acids is 1. The zero-order valence-electron chi connectivity index (χ0n) is 19.0. The van der Waals surface area contributed by atoms with Crippen LogP contribution in [-0.2, 0) is 10.0 Å². The lowest BCUT2D eigenvalue weighted by Crippen LogP contribution is -2.31. The van der Waals surface area contributed by atoms with E-state index in [1.54, 1.807) is 12.3 Å². The van der Waals surface area contributed by atoms with Gasteiger partial charge in [-0.15, -0.1) is 5.10 Å². The Kier molecular flexibility index (Phi) is 5.93. The number of rotatable bonds is 7. The normalized spacial score (nSPS) is 16.8. The Morgan fingerprint density at radius 2 is 1.88 bits per heavy atom. The molecular weight excluding hydrogens is 483 g/mol. The van der Waals surface area contributed by atoms with Gasteiger partial charge in [0, 0.05) is 18.2 Å². The molecule has 1 amide bonds. The van der Waals surface area contributed by atoms with Crippen molar-refractivity contribution >= 4 is 27.5 Å². The predicted molar refractivity (Wildman–Crippen MR) is 124 cm³/mol. The second-order valence-electron chi connectivity index (χ2n) is 9.31. The van der Waals surface area contributed by atoms with E-state index in [1.807, 2.05) is 4.72 Å². The number of carbonyl (C=O) groups is 1. The number of hydrogen-bond donors (Lipinski definition) is 1. The third kappa shape index (κ3) is 4.39. The first kappa shape index (κ1) is 24.2. The van der Waals surface area contributed by atoms with Crippen LogP contribution in [0.1, 0.15) is 38.1 Å². The number of ether oxygens (including phenoxy) is 1. The summed E-state index contributed by atoms with van der Waals surface area (Å²) in [5, 5.41) is 4.12.